The minimum absolute atomic E-state index is 0.0410. The largest absolute Gasteiger partial charge is 0.463 e. The maximum absolute atomic E-state index is 12.3. The monoisotopic (exact) mass is 402 g/mol. The van der Waals surface area contributed by atoms with Gasteiger partial charge >= 0.3 is 5.97 Å². The molecule has 116 valence electrons. The number of allylic oxidation sites excluding steroid dienone is 2. The maximum Gasteiger partial charge on any atom is 0.338 e. The summed E-state index contributed by atoms with van der Waals surface area (Å²) in [4.78, 5) is 13.1. The summed E-state index contributed by atoms with van der Waals surface area (Å²) in [5.41, 5.74) is 6.20. The molecule has 1 aromatic rings. The molecule has 1 aliphatic heterocycles. The van der Waals surface area contributed by atoms with E-state index in [1.165, 1.54) is 11.3 Å². The zero-order valence-electron chi connectivity index (χ0n) is 11.6. The van der Waals surface area contributed by atoms with E-state index in [4.69, 9.17) is 26.8 Å². The van der Waals surface area contributed by atoms with Crippen LogP contribution in [0, 0.1) is 11.3 Å². The zero-order chi connectivity index (χ0) is 16.3. The summed E-state index contributed by atoms with van der Waals surface area (Å²) >= 11 is 10.7. The van der Waals surface area contributed by atoms with E-state index in [2.05, 4.69) is 15.9 Å². The molecule has 2 heterocycles. The lowest BCUT2D eigenvalue weighted by Gasteiger charge is -2.26. The van der Waals surface area contributed by atoms with Gasteiger partial charge in [-0.25, -0.2) is 4.79 Å². The molecule has 1 aliphatic rings. The molecule has 5 nitrogen and oxygen atoms in total. The van der Waals surface area contributed by atoms with Gasteiger partial charge in [-0.05, 0) is 35.0 Å². The Labute approximate surface area is 145 Å². The lowest BCUT2D eigenvalue weighted by molar-refractivity contribution is -0.139. The van der Waals surface area contributed by atoms with Gasteiger partial charge in [-0.3, -0.25) is 0 Å². The van der Waals surface area contributed by atoms with Crippen molar-refractivity contribution >= 4 is 44.8 Å². The van der Waals surface area contributed by atoms with E-state index >= 15 is 0 Å². The minimum Gasteiger partial charge on any atom is -0.463 e. The molecule has 0 saturated carbocycles. The highest BCUT2D eigenvalue weighted by Gasteiger charge is 2.38. The molecule has 0 spiro atoms. The summed E-state index contributed by atoms with van der Waals surface area (Å²) in [5, 5.41) is 9.41. The van der Waals surface area contributed by atoms with Gasteiger partial charge in [0, 0.05) is 4.88 Å². The summed E-state index contributed by atoms with van der Waals surface area (Å²) in [7, 11) is 0. The van der Waals surface area contributed by atoms with Crippen LogP contribution >= 0.6 is 38.9 Å². The molecule has 1 atom stereocenters. The Morgan fingerprint density at radius 2 is 2.36 bits per heavy atom. The van der Waals surface area contributed by atoms with Gasteiger partial charge in [0.1, 0.15) is 17.4 Å². The van der Waals surface area contributed by atoms with Crippen LogP contribution in [0.4, 0.5) is 0 Å². The summed E-state index contributed by atoms with van der Waals surface area (Å²) in [5.74, 6) is -1.07. The van der Waals surface area contributed by atoms with Gasteiger partial charge in [0.15, 0.2) is 0 Å². The van der Waals surface area contributed by atoms with Crippen LogP contribution < -0.4 is 5.73 Å². The van der Waals surface area contributed by atoms with E-state index in [9.17, 15) is 10.1 Å². The number of hydrogen-bond donors (Lipinski definition) is 1. The third-order valence-electron chi connectivity index (χ3n) is 2.99. The van der Waals surface area contributed by atoms with Crippen LogP contribution in [0.15, 0.2) is 38.7 Å². The minimum atomic E-state index is -0.636. The Bertz CT molecular complexity index is 705. The van der Waals surface area contributed by atoms with Crippen molar-refractivity contribution in [3.8, 4) is 6.07 Å². The molecule has 0 amide bonds. The van der Waals surface area contributed by atoms with Crippen molar-refractivity contribution in [3.05, 3.63) is 43.6 Å². The normalized spacial score (nSPS) is 18.0. The van der Waals surface area contributed by atoms with Crippen LogP contribution in [0.2, 0.25) is 0 Å². The first-order valence-corrected chi connectivity index (χ1v) is 8.46. The second-order valence-corrected chi connectivity index (χ2v) is 7.02. The van der Waals surface area contributed by atoms with Crippen molar-refractivity contribution in [2.24, 2.45) is 5.73 Å². The number of nitriles is 1. The lowest BCUT2D eigenvalue weighted by atomic mass is 9.87. The number of carbonyl (C=O) groups excluding carboxylic acids is 1. The van der Waals surface area contributed by atoms with Crippen molar-refractivity contribution < 1.29 is 14.3 Å². The van der Waals surface area contributed by atoms with Crippen molar-refractivity contribution in [3.63, 3.8) is 0 Å². The van der Waals surface area contributed by atoms with Crippen LogP contribution in [-0.2, 0) is 14.3 Å². The van der Waals surface area contributed by atoms with Crippen LogP contribution in [0.5, 0.6) is 0 Å². The standard InChI is InChI=1S/C14H12BrClN2O3S/c1-2-20-14(19)12-8(5-16)21-13(18)7(6-17)11(12)9-3-4-10(15)22-9/h3-4,11H,2,5,18H2,1H3. The Morgan fingerprint density at radius 1 is 1.64 bits per heavy atom. The molecule has 0 saturated heterocycles. The van der Waals surface area contributed by atoms with Gasteiger partial charge in [0.05, 0.1) is 27.8 Å². The molecule has 8 heteroatoms. The smallest absolute Gasteiger partial charge is 0.338 e. The predicted octanol–water partition coefficient (Wildman–Crippen LogP) is 3.37. The van der Waals surface area contributed by atoms with Crippen molar-refractivity contribution in [1.82, 2.24) is 0 Å². The van der Waals surface area contributed by atoms with E-state index in [-0.39, 0.29) is 35.3 Å². The second kappa shape index (κ2) is 7.18. The average molecular weight is 404 g/mol. The number of thiophene rings is 1. The quantitative estimate of drug-likeness (QED) is 0.615. The van der Waals surface area contributed by atoms with Crippen molar-refractivity contribution in [1.29, 1.82) is 5.26 Å². The predicted molar refractivity (Wildman–Crippen MR) is 87.1 cm³/mol. The number of carbonyl (C=O) groups is 1. The fourth-order valence-electron chi connectivity index (χ4n) is 2.12. The van der Waals surface area contributed by atoms with Gasteiger partial charge < -0.3 is 15.2 Å². The third-order valence-corrected chi connectivity index (χ3v) is 4.92. The number of rotatable bonds is 4. The lowest BCUT2D eigenvalue weighted by Crippen LogP contribution is -2.26. The number of halogens is 2. The molecule has 0 aliphatic carbocycles. The molecular weight excluding hydrogens is 392 g/mol. The summed E-state index contributed by atoms with van der Waals surface area (Å²) in [6.45, 7) is 1.91. The summed E-state index contributed by atoms with van der Waals surface area (Å²) in [6.07, 6.45) is 0. The highest BCUT2D eigenvalue weighted by molar-refractivity contribution is 9.11. The fraction of sp³-hybridized carbons (Fsp3) is 0.286. The third kappa shape index (κ3) is 3.14. The molecule has 0 fully saturated rings. The van der Waals surface area contributed by atoms with Gasteiger partial charge in [0.25, 0.3) is 0 Å². The fourth-order valence-corrected chi connectivity index (χ4v) is 3.86. The van der Waals surface area contributed by atoms with Crippen LogP contribution in [0.25, 0.3) is 0 Å². The van der Waals surface area contributed by atoms with Gasteiger partial charge in [0.2, 0.25) is 5.88 Å². The molecule has 1 unspecified atom stereocenters. The first-order chi connectivity index (χ1) is 10.5. The number of nitrogens with zero attached hydrogens (tertiary/aromatic N) is 1. The molecule has 0 aromatic carbocycles. The first kappa shape index (κ1) is 16.9. The molecule has 2 rings (SSSR count). The number of nitrogens with two attached hydrogens (primary N) is 1. The van der Waals surface area contributed by atoms with E-state index in [0.717, 1.165) is 8.66 Å². The molecular formula is C14H12BrClN2O3S. The number of alkyl halides is 1. The van der Waals surface area contributed by atoms with E-state index in [1.54, 1.807) is 6.92 Å². The Kier molecular flexibility index (Phi) is 5.51. The number of ether oxygens (including phenoxy) is 2. The van der Waals surface area contributed by atoms with E-state index in [0.29, 0.717) is 0 Å². The number of hydrogen-bond acceptors (Lipinski definition) is 6. The zero-order valence-corrected chi connectivity index (χ0v) is 14.7. The van der Waals surface area contributed by atoms with Gasteiger partial charge in [-0.2, -0.15) is 5.26 Å². The highest BCUT2D eigenvalue weighted by Crippen LogP contribution is 2.43. The second-order valence-electron chi connectivity index (χ2n) is 4.26. The van der Waals surface area contributed by atoms with Gasteiger partial charge in [-0.15, -0.1) is 22.9 Å². The topological polar surface area (TPSA) is 85.3 Å². The number of esters is 1. The van der Waals surface area contributed by atoms with Crippen molar-refractivity contribution in [2.45, 2.75) is 12.8 Å². The van der Waals surface area contributed by atoms with Gasteiger partial charge in [-0.1, -0.05) is 0 Å². The highest BCUT2D eigenvalue weighted by atomic mass is 79.9. The SMILES string of the molecule is CCOC(=O)C1=C(CCl)OC(N)=C(C#N)C1c1ccc(Br)s1. The average Bonchev–Trinajstić information content (AvgIpc) is 2.92. The Morgan fingerprint density at radius 3 is 2.86 bits per heavy atom. The Balaban J connectivity index is 2.62. The summed E-state index contributed by atoms with van der Waals surface area (Å²) in [6, 6.07) is 5.68. The maximum atomic E-state index is 12.3. The van der Waals surface area contributed by atoms with E-state index < -0.39 is 11.9 Å². The first-order valence-electron chi connectivity index (χ1n) is 6.32. The van der Waals surface area contributed by atoms with Crippen molar-refractivity contribution in [2.75, 3.05) is 12.5 Å². The van der Waals surface area contributed by atoms with Crippen LogP contribution in [0.1, 0.15) is 17.7 Å². The van der Waals surface area contributed by atoms with Crippen LogP contribution in [0.3, 0.4) is 0 Å². The molecule has 0 radical (unpaired) electrons. The molecule has 1 aromatic heterocycles. The van der Waals surface area contributed by atoms with E-state index in [1.807, 2.05) is 18.2 Å². The molecule has 0 bridgehead atoms. The Hall–Kier alpha value is -1.49. The molecule has 2 N–H and O–H groups in total. The molecule has 22 heavy (non-hydrogen) atoms. The van der Waals surface area contributed by atoms with Crippen LogP contribution in [-0.4, -0.2) is 18.5 Å². The summed E-state index contributed by atoms with van der Waals surface area (Å²) < 4.78 is 11.3.